The molecule has 3 heteroatoms. The lowest BCUT2D eigenvalue weighted by molar-refractivity contribution is -0.125. The minimum atomic E-state index is 0.199. The molecule has 1 fully saturated rings. The molecule has 0 saturated heterocycles. The highest BCUT2D eigenvalue weighted by atomic mass is 79.9. The van der Waals surface area contributed by atoms with Gasteiger partial charge in [-0.1, -0.05) is 61.8 Å². The number of hydrogen-bond donors (Lipinski definition) is 1. The van der Waals surface area contributed by atoms with Crippen LogP contribution in [-0.4, -0.2) is 18.8 Å². The van der Waals surface area contributed by atoms with Gasteiger partial charge in [-0.2, -0.15) is 0 Å². The topological polar surface area (TPSA) is 21.3 Å². The molecule has 0 spiro atoms. The normalized spacial score (nSPS) is 25.7. The van der Waals surface area contributed by atoms with Crippen LogP contribution in [0.3, 0.4) is 0 Å². The fraction of sp³-hybridized carbons (Fsp3) is 0.667. The zero-order valence-corrected chi connectivity index (χ0v) is 15.4. The molecule has 2 nitrogen and oxygen atoms in total. The standard InChI is InChI=1S/C18H28BrNO/c1-12(2)11-21-17-10-16(18(17,4)5)20-13(3)14-8-6-7-9-15(14)19/h6-9,12-13,16-17,20H,10-11H2,1-5H3. The van der Waals surface area contributed by atoms with Crippen LogP contribution in [0.25, 0.3) is 0 Å². The Morgan fingerprint density at radius 1 is 1.29 bits per heavy atom. The third-order valence-electron chi connectivity index (χ3n) is 4.63. The largest absolute Gasteiger partial charge is 0.377 e. The highest BCUT2D eigenvalue weighted by Crippen LogP contribution is 2.44. The van der Waals surface area contributed by atoms with Gasteiger partial charge in [-0.05, 0) is 30.9 Å². The highest BCUT2D eigenvalue weighted by molar-refractivity contribution is 9.10. The van der Waals surface area contributed by atoms with Gasteiger partial charge >= 0.3 is 0 Å². The van der Waals surface area contributed by atoms with Gasteiger partial charge in [-0.25, -0.2) is 0 Å². The lowest BCUT2D eigenvalue weighted by Crippen LogP contribution is -2.61. The Balaban J connectivity index is 1.92. The van der Waals surface area contributed by atoms with Crippen LogP contribution in [0.5, 0.6) is 0 Å². The molecule has 0 radical (unpaired) electrons. The van der Waals surface area contributed by atoms with E-state index in [1.54, 1.807) is 0 Å². The minimum absolute atomic E-state index is 0.199. The van der Waals surface area contributed by atoms with E-state index < -0.39 is 0 Å². The van der Waals surface area contributed by atoms with Gasteiger partial charge in [0.1, 0.15) is 0 Å². The van der Waals surface area contributed by atoms with E-state index in [9.17, 15) is 0 Å². The summed E-state index contributed by atoms with van der Waals surface area (Å²) in [6.45, 7) is 12.1. The Morgan fingerprint density at radius 2 is 1.95 bits per heavy atom. The summed E-state index contributed by atoms with van der Waals surface area (Å²) < 4.78 is 7.22. The van der Waals surface area contributed by atoms with E-state index >= 15 is 0 Å². The molecule has 3 atom stereocenters. The van der Waals surface area contributed by atoms with Crippen LogP contribution in [0.2, 0.25) is 0 Å². The van der Waals surface area contributed by atoms with E-state index in [4.69, 9.17) is 4.74 Å². The summed E-state index contributed by atoms with van der Waals surface area (Å²) in [6.07, 6.45) is 1.48. The van der Waals surface area contributed by atoms with Crippen molar-refractivity contribution in [2.75, 3.05) is 6.61 Å². The lowest BCUT2D eigenvalue weighted by atomic mass is 9.64. The Bertz CT molecular complexity index is 472. The Morgan fingerprint density at radius 3 is 2.52 bits per heavy atom. The van der Waals surface area contributed by atoms with Gasteiger partial charge < -0.3 is 10.1 Å². The highest BCUT2D eigenvalue weighted by Gasteiger charge is 2.49. The first-order chi connectivity index (χ1) is 9.82. The number of nitrogens with one attached hydrogen (secondary N) is 1. The molecule has 1 aliphatic rings. The maximum absolute atomic E-state index is 6.05. The molecule has 0 aromatic heterocycles. The molecular formula is C18H28BrNO. The molecule has 2 rings (SSSR count). The molecular weight excluding hydrogens is 326 g/mol. The minimum Gasteiger partial charge on any atom is -0.377 e. The molecule has 1 saturated carbocycles. The van der Waals surface area contributed by atoms with Crippen LogP contribution in [0.4, 0.5) is 0 Å². The van der Waals surface area contributed by atoms with Crippen LogP contribution < -0.4 is 5.32 Å². The van der Waals surface area contributed by atoms with Crippen molar-refractivity contribution in [1.82, 2.24) is 5.32 Å². The van der Waals surface area contributed by atoms with Crippen molar-refractivity contribution < 1.29 is 4.74 Å². The summed E-state index contributed by atoms with van der Waals surface area (Å²) >= 11 is 3.64. The number of halogens is 1. The van der Waals surface area contributed by atoms with E-state index in [0.717, 1.165) is 13.0 Å². The van der Waals surface area contributed by atoms with Crippen molar-refractivity contribution in [2.45, 2.75) is 59.2 Å². The monoisotopic (exact) mass is 353 g/mol. The third-order valence-corrected chi connectivity index (χ3v) is 5.35. The van der Waals surface area contributed by atoms with Gasteiger partial charge in [0, 0.05) is 28.6 Å². The Labute approximate surface area is 137 Å². The molecule has 0 heterocycles. The quantitative estimate of drug-likeness (QED) is 0.781. The predicted molar refractivity (Wildman–Crippen MR) is 92.5 cm³/mol. The third kappa shape index (κ3) is 3.88. The number of ether oxygens (including phenoxy) is 1. The SMILES string of the molecule is CC(C)COC1CC(NC(C)c2ccccc2Br)C1(C)C. The summed E-state index contributed by atoms with van der Waals surface area (Å²) in [5, 5.41) is 3.77. The van der Waals surface area contributed by atoms with E-state index in [2.05, 4.69) is 80.1 Å². The van der Waals surface area contributed by atoms with Crippen molar-refractivity contribution >= 4 is 15.9 Å². The predicted octanol–water partition coefficient (Wildman–Crippen LogP) is 4.94. The van der Waals surface area contributed by atoms with Gasteiger partial charge in [-0.3, -0.25) is 0 Å². The average Bonchev–Trinajstić information content (AvgIpc) is 2.41. The summed E-state index contributed by atoms with van der Waals surface area (Å²) in [4.78, 5) is 0. The summed E-state index contributed by atoms with van der Waals surface area (Å²) in [5.41, 5.74) is 1.52. The first-order valence-corrected chi connectivity index (χ1v) is 8.73. The van der Waals surface area contributed by atoms with Crippen LogP contribution >= 0.6 is 15.9 Å². The fourth-order valence-electron chi connectivity index (χ4n) is 2.98. The zero-order chi connectivity index (χ0) is 15.6. The Kier molecular flexibility index (Phi) is 5.50. The summed E-state index contributed by atoms with van der Waals surface area (Å²) in [5.74, 6) is 0.604. The molecule has 118 valence electrons. The van der Waals surface area contributed by atoms with Crippen LogP contribution in [0, 0.1) is 11.3 Å². The van der Waals surface area contributed by atoms with Gasteiger partial charge in [0.25, 0.3) is 0 Å². The first kappa shape index (κ1) is 17.0. The maximum Gasteiger partial charge on any atom is 0.0656 e. The molecule has 1 N–H and O–H groups in total. The number of benzene rings is 1. The second kappa shape index (κ2) is 6.80. The number of hydrogen-bond acceptors (Lipinski definition) is 2. The zero-order valence-electron chi connectivity index (χ0n) is 13.8. The van der Waals surface area contributed by atoms with Crippen LogP contribution in [0.15, 0.2) is 28.7 Å². The lowest BCUT2D eigenvalue weighted by Gasteiger charge is -2.53. The van der Waals surface area contributed by atoms with Gasteiger partial charge in [-0.15, -0.1) is 0 Å². The van der Waals surface area contributed by atoms with Gasteiger partial charge in [0.2, 0.25) is 0 Å². The van der Waals surface area contributed by atoms with Crippen molar-refractivity contribution in [3.63, 3.8) is 0 Å². The van der Waals surface area contributed by atoms with Crippen molar-refractivity contribution in [1.29, 1.82) is 0 Å². The van der Waals surface area contributed by atoms with E-state index in [-0.39, 0.29) is 5.41 Å². The van der Waals surface area contributed by atoms with Gasteiger partial charge in [0.15, 0.2) is 0 Å². The smallest absolute Gasteiger partial charge is 0.0656 e. The molecule has 1 aliphatic carbocycles. The van der Waals surface area contributed by atoms with E-state index in [1.807, 2.05) is 0 Å². The second-order valence-electron chi connectivity index (χ2n) is 7.24. The van der Waals surface area contributed by atoms with Crippen molar-refractivity contribution in [3.8, 4) is 0 Å². The molecule has 21 heavy (non-hydrogen) atoms. The Hall–Kier alpha value is -0.380. The average molecular weight is 354 g/mol. The summed E-state index contributed by atoms with van der Waals surface area (Å²) in [6, 6.07) is 9.30. The number of rotatable bonds is 6. The summed E-state index contributed by atoms with van der Waals surface area (Å²) in [7, 11) is 0. The molecule has 1 aromatic rings. The van der Waals surface area contributed by atoms with Crippen molar-refractivity contribution in [3.05, 3.63) is 34.3 Å². The van der Waals surface area contributed by atoms with E-state index in [0.29, 0.717) is 24.1 Å². The maximum atomic E-state index is 6.05. The molecule has 1 aromatic carbocycles. The molecule has 0 amide bonds. The van der Waals surface area contributed by atoms with Gasteiger partial charge in [0.05, 0.1) is 6.10 Å². The fourth-order valence-corrected chi connectivity index (χ4v) is 3.61. The second-order valence-corrected chi connectivity index (χ2v) is 8.09. The molecule has 3 unspecified atom stereocenters. The molecule has 0 bridgehead atoms. The van der Waals surface area contributed by atoms with Crippen LogP contribution in [-0.2, 0) is 4.74 Å². The molecule has 0 aliphatic heterocycles. The van der Waals surface area contributed by atoms with Crippen LogP contribution in [0.1, 0.15) is 52.6 Å². The van der Waals surface area contributed by atoms with Crippen molar-refractivity contribution in [2.24, 2.45) is 11.3 Å². The van der Waals surface area contributed by atoms with E-state index in [1.165, 1.54) is 10.0 Å². The first-order valence-electron chi connectivity index (χ1n) is 7.94.